The van der Waals surface area contributed by atoms with E-state index < -0.39 is 21.7 Å². The van der Waals surface area contributed by atoms with Crippen molar-refractivity contribution in [3.8, 4) is 5.75 Å². The van der Waals surface area contributed by atoms with E-state index in [-0.39, 0.29) is 22.3 Å². The Labute approximate surface area is 156 Å². The monoisotopic (exact) mass is 394 g/mol. The first kappa shape index (κ1) is 19.3. The van der Waals surface area contributed by atoms with Gasteiger partial charge in [0.2, 0.25) is 10.0 Å². The van der Waals surface area contributed by atoms with Gasteiger partial charge in [0.15, 0.2) is 11.6 Å². The maximum atomic E-state index is 13.5. The van der Waals surface area contributed by atoms with Crippen LogP contribution in [0.4, 0.5) is 10.1 Å². The average molecular weight is 394 g/mol. The number of nitrogens with one attached hydrogen (secondary N) is 2. The van der Waals surface area contributed by atoms with E-state index in [9.17, 15) is 17.6 Å². The summed E-state index contributed by atoms with van der Waals surface area (Å²) in [5.74, 6) is -1.08. The van der Waals surface area contributed by atoms with Crippen molar-refractivity contribution in [3.05, 3.63) is 53.8 Å². The number of benzene rings is 2. The molecule has 9 heteroatoms. The molecule has 3 rings (SSSR count). The highest BCUT2D eigenvalue weighted by molar-refractivity contribution is 7.89. The first-order valence-electron chi connectivity index (χ1n) is 8.24. The predicted octanol–water partition coefficient (Wildman–Crippen LogP) is 2.15. The summed E-state index contributed by atoms with van der Waals surface area (Å²) in [6.07, 6.45) is 0.603. The van der Waals surface area contributed by atoms with Crippen LogP contribution >= 0.6 is 0 Å². The van der Waals surface area contributed by atoms with Gasteiger partial charge in [-0.05, 0) is 36.8 Å². The van der Waals surface area contributed by atoms with Gasteiger partial charge in [0.05, 0.1) is 18.6 Å². The predicted molar refractivity (Wildman–Crippen MR) is 96.9 cm³/mol. The summed E-state index contributed by atoms with van der Waals surface area (Å²) in [5.41, 5.74) is 0.483. The summed E-state index contributed by atoms with van der Waals surface area (Å²) in [5, 5.41) is 2.59. The van der Waals surface area contributed by atoms with Crippen LogP contribution < -0.4 is 14.8 Å². The zero-order valence-corrected chi connectivity index (χ0v) is 15.4. The Balaban J connectivity index is 1.77. The number of amides is 1. The number of sulfonamides is 1. The van der Waals surface area contributed by atoms with Crippen molar-refractivity contribution >= 4 is 21.6 Å². The second-order valence-electron chi connectivity index (χ2n) is 6.01. The Hall–Kier alpha value is -2.49. The van der Waals surface area contributed by atoms with Crippen LogP contribution in [0.25, 0.3) is 0 Å². The van der Waals surface area contributed by atoms with Crippen LogP contribution in [0.3, 0.4) is 0 Å². The highest BCUT2D eigenvalue weighted by atomic mass is 32.2. The Kier molecular flexibility index (Phi) is 5.73. The molecule has 0 radical (unpaired) electrons. The number of anilines is 1. The number of methoxy groups -OCH3 is 1. The Morgan fingerprint density at radius 3 is 2.78 bits per heavy atom. The lowest BCUT2D eigenvalue weighted by Gasteiger charge is -2.12. The zero-order valence-electron chi connectivity index (χ0n) is 14.6. The molecule has 1 amide bonds. The van der Waals surface area contributed by atoms with Crippen LogP contribution in [0, 0.1) is 5.82 Å². The minimum Gasteiger partial charge on any atom is -0.494 e. The lowest BCUT2D eigenvalue weighted by Crippen LogP contribution is -2.35. The molecule has 0 unspecified atom stereocenters. The van der Waals surface area contributed by atoms with E-state index in [1.165, 1.54) is 49.6 Å². The molecule has 0 saturated carbocycles. The van der Waals surface area contributed by atoms with Crippen LogP contribution in [0.1, 0.15) is 16.8 Å². The quantitative estimate of drug-likeness (QED) is 0.783. The lowest BCUT2D eigenvalue weighted by molar-refractivity contribution is 0.102. The molecule has 1 saturated heterocycles. The van der Waals surface area contributed by atoms with Gasteiger partial charge in [-0.25, -0.2) is 17.5 Å². The zero-order chi connectivity index (χ0) is 19.4. The number of rotatable bonds is 6. The third kappa shape index (κ3) is 4.62. The SMILES string of the molecule is COc1cc(NC(=O)c2cccc(S(=O)(=O)N[C@H]3CCOC3)c2)ccc1F. The summed E-state index contributed by atoms with van der Waals surface area (Å²) in [4.78, 5) is 12.4. The van der Waals surface area contributed by atoms with E-state index in [4.69, 9.17) is 9.47 Å². The number of ether oxygens (including phenoxy) is 2. The third-order valence-electron chi connectivity index (χ3n) is 4.07. The summed E-state index contributed by atoms with van der Waals surface area (Å²) in [7, 11) is -2.45. The van der Waals surface area contributed by atoms with E-state index in [1.54, 1.807) is 0 Å². The van der Waals surface area contributed by atoms with Gasteiger partial charge in [0.1, 0.15) is 0 Å². The van der Waals surface area contributed by atoms with Gasteiger partial charge in [0, 0.05) is 30.0 Å². The molecule has 1 heterocycles. The van der Waals surface area contributed by atoms with Gasteiger partial charge in [-0.15, -0.1) is 0 Å². The van der Waals surface area contributed by atoms with Crippen molar-refractivity contribution < 1.29 is 27.1 Å². The van der Waals surface area contributed by atoms with E-state index in [0.717, 1.165) is 0 Å². The first-order chi connectivity index (χ1) is 12.9. The van der Waals surface area contributed by atoms with Gasteiger partial charge in [-0.1, -0.05) is 6.07 Å². The third-order valence-corrected chi connectivity index (χ3v) is 5.59. The molecule has 0 bridgehead atoms. The summed E-state index contributed by atoms with van der Waals surface area (Å²) >= 11 is 0. The standard InChI is InChI=1S/C18H19FN2O5S/c1-25-17-10-13(5-6-16(17)19)20-18(22)12-3-2-4-15(9-12)27(23,24)21-14-7-8-26-11-14/h2-6,9-10,14,21H,7-8,11H2,1H3,(H,20,22)/t14-/m0/s1. The van der Waals surface area contributed by atoms with Crippen LogP contribution in [0.2, 0.25) is 0 Å². The smallest absolute Gasteiger partial charge is 0.255 e. The Morgan fingerprint density at radius 1 is 1.26 bits per heavy atom. The minimum atomic E-state index is -3.77. The average Bonchev–Trinajstić information content (AvgIpc) is 3.15. The maximum Gasteiger partial charge on any atom is 0.255 e. The van der Waals surface area contributed by atoms with E-state index in [2.05, 4.69) is 10.0 Å². The number of hydrogen-bond donors (Lipinski definition) is 2. The summed E-state index contributed by atoms with van der Waals surface area (Å²) in [6.45, 7) is 0.836. The fraction of sp³-hybridized carbons (Fsp3) is 0.278. The van der Waals surface area contributed by atoms with Crippen molar-refractivity contribution in [1.29, 1.82) is 0 Å². The molecule has 2 aromatic carbocycles. The van der Waals surface area contributed by atoms with Gasteiger partial charge in [-0.3, -0.25) is 4.79 Å². The summed E-state index contributed by atoms with van der Waals surface area (Å²) < 4.78 is 51.0. The molecule has 7 nitrogen and oxygen atoms in total. The second-order valence-corrected chi connectivity index (χ2v) is 7.73. The highest BCUT2D eigenvalue weighted by Gasteiger charge is 2.24. The molecular weight excluding hydrogens is 375 g/mol. The van der Waals surface area contributed by atoms with Crippen LogP contribution in [-0.2, 0) is 14.8 Å². The number of carbonyl (C=O) groups excluding carboxylic acids is 1. The molecule has 0 spiro atoms. The van der Waals surface area contributed by atoms with Crippen LogP contribution in [0.15, 0.2) is 47.4 Å². The van der Waals surface area contributed by atoms with Crippen molar-refractivity contribution in [2.75, 3.05) is 25.6 Å². The number of carbonyl (C=O) groups is 1. The van der Waals surface area contributed by atoms with E-state index in [0.29, 0.717) is 25.3 Å². The maximum absolute atomic E-state index is 13.5. The van der Waals surface area contributed by atoms with E-state index >= 15 is 0 Å². The number of hydrogen-bond acceptors (Lipinski definition) is 5. The van der Waals surface area contributed by atoms with Crippen LogP contribution in [-0.4, -0.2) is 40.7 Å². The lowest BCUT2D eigenvalue weighted by atomic mass is 10.2. The fourth-order valence-electron chi connectivity index (χ4n) is 2.66. The minimum absolute atomic E-state index is 0.00730. The molecule has 27 heavy (non-hydrogen) atoms. The molecule has 0 aliphatic carbocycles. The van der Waals surface area contributed by atoms with Gasteiger partial charge >= 0.3 is 0 Å². The fourth-order valence-corrected chi connectivity index (χ4v) is 3.96. The summed E-state index contributed by atoms with van der Waals surface area (Å²) in [6, 6.07) is 9.30. The first-order valence-corrected chi connectivity index (χ1v) is 9.72. The highest BCUT2D eigenvalue weighted by Crippen LogP contribution is 2.22. The molecule has 1 aliphatic heterocycles. The van der Waals surface area contributed by atoms with Crippen LogP contribution in [0.5, 0.6) is 5.75 Å². The van der Waals surface area contributed by atoms with Crippen molar-refractivity contribution in [1.82, 2.24) is 4.72 Å². The van der Waals surface area contributed by atoms with Gasteiger partial charge in [0.25, 0.3) is 5.91 Å². The molecule has 0 aromatic heterocycles. The molecule has 1 fully saturated rings. The topological polar surface area (TPSA) is 93.7 Å². The van der Waals surface area contributed by atoms with Crippen molar-refractivity contribution in [2.45, 2.75) is 17.4 Å². The van der Waals surface area contributed by atoms with E-state index in [1.807, 2.05) is 0 Å². The van der Waals surface area contributed by atoms with Crippen molar-refractivity contribution in [2.24, 2.45) is 0 Å². The molecular formula is C18H19FN2O5S. The Bertz CT molecular complexity index is 943. The largest absolute Gasteiger partial charge is 0.494 e. The van der Waals surface area contributed by atoms with Crippen molar-refractivity contribution in [3.63, 3.8) is 0 Å². The van der Waals surface area contributed by atoms with Gasteiger partial charge in [-0.2, -0.15) is 0 Å². The normalized spacial score (nSPS) is 16.9. The number of halogens is 1. The molecule has 144 valence electrons. The molecule has 2 aromatic rings. The molecule has 2 N–H and O–H groups in total. The molecule has 1 atom stereocenters. The second kappa shape index (κ2) is 8.03. The molecule has 1 aliphatic rings. The Morgan fingerprint density at radius 2 is 2.07 bits per heavy atom. The van der Waals surface area contributed by atoms with Gasteiger partial charge < -0.3 is 14.8 Å².